The van der Waals surface area contributed by atoms with Crippen LogP contribution < -0.4 is 10.2 Å². The quantitative estimate of drug-likeness (QED) is 0.758. The van der Waals surface area contributed by atoms with Crippen LogP contribution in [-0.2, 0) is 13.1 Å². The monoisotopic (exact) mass is 302 g/mol. The zero-order valence-corrected chi connectivity index (χ0v) is 12.4. The number of aromatic nitrogens is 1. The number of H-pyrrole nitrogens is 1. The number of thiazole rings is 1. The van der Waals surface area contributed by atoms with Crippen LogP contribution in [0.5, 0.6) is 0 Å². The van der Waals surface area contributed by atoms with Gasteiger partial charge in [0.1, 0.15) is 0 Å². The van der Waals surface area contributed by atoms with Crippen molar-refractivity contribution in [3.05, 3.63) is 67.4 Å². The average Bonchev–Trinajstić information content (AvgIpc) is 3.09. The van der Waals surface area contributed by atoms with E-state index in [0.717, 1.165) is 12.2 Å². The van der Waals surface area contributed by atoms with E-state index in [9.17, 15) is 4.79 Å². The summed E-state index contributed by atoms with van der Waals surface area (Å²) >= 11 is 2.96. The van der Waals surface area contributed by atoms with E-state index in [1.165, 1.54) is 27.3 Å². The number of hydrogen-bond donors (Lipinski definition) is 2. The van der Waals surface area contributed by atoms with Gasteiger partial charge in [-0.15, -0.1) is 11.3 Å². The first kappa shape index (κ1) is 13.3. The lowest BCUT2D eigenvalue weighted by molar-refractivity contribution is 0.689. The molecule has 0 saturated carbocycles. The number of hydrogen-bond acceptors (Lipinski definition) is 4. The van der Waals surface area contributed by atoms with Crippen molar-refractivity contribution in [2.75, 3.05) is 0 Å². The van der Waals surface area contributed by atoms with Crippen molar-refractivity contribution in [1.82, 2.24) is 10.3 Å². The minimum absolute atomic E-state index is 0.00397. The normalized spacial score (nSPS) is 10.8. The molecule has 0 aliphatic carbocycles. The molecule has 20 heavy (non-hydrogen) atoms. The highest BCUT2D eigenvalue weighted by molar-refractivity contribution is 7.10. The van der Waals surface area contributed by atoms with Gasteiger partial charge in [-0.1, -0.05) is 41.7 Å². The van der Waals surface area contributed by atoms with Gasteiger partial charge in [0.05, 0.1) is 0 Å². The molecule has 3 rings (SSSR count). The first-order valence-electron chi connectivity index (χ1n) is 6.31. The molecule has 2 aromatic heterocycles. The second-order valence-corrected chi connectivity index (χ2v) is 6.28. The molecule has 0 fully saturated rings. The predicted octanol–water partition coefficient (Wildman–Crippen LogP) is 3.45. The molecule has 102 valence electrons. The zero-order valence-electron chi connectivity index (χ0n) is 10.8. The summed E-state index contributed by atoms with van der Waals surface area (Å²) in [7, 11) is 0. The molecule has 0 spiro atoms. The van der Waals surface area contributed by atoms with Gasteiger partial charge in [0.15, 0.2) is 0 Å². The topological polar surface area (TPSA) is 44.9 Å². The van der Waals surface area contributed by atoms with Crippen LogP contribution in [0.2, 0.25) is 0 Å². The Kier molecular flexibility index (Phi) is 4.11. The average molecular weight is 302 g/mol. The Bertz CT molecular complexity index is 727. The van der Waals surface area contributed by atoms with Crippen molar-refractivity contribution in [1.29, 1.82) is 0 Å². The highest BCUT2D eigenvalue weighted by atomic mass is 32.1. The fourth-order valence-corrected chi connectivity index (χ4v) is 3.42. The second kappa shape index (κ2) is 6.17. The van der Waals surface area contributed by atoms with E-state index in [0.29, 0.717) is 6.54 Å². The summed E-state index contributed by atoms with van der Waals surface area (Å²) in [6.45, 7) is 1.51. The summed E-state index contributed by atoms with van der Waals surface area (Å²) in [6, 6.07) is 12.6. The van der Waals surface area contributed by atoms with Crippen LogP contribution in [0.1, 0.15) is 10.6 Å². The molecule has 0 aliphatic rings. The molecule has 1 aromatic carbocycles. The maximum Gasteiger partial charge on any atom is 0.304 e. The van der Waals surface area contributed by atoms with Crippen LogP contribution in [0.25, 0.3) is 11.1 Å². The van der Waals surface area contributed by atoms with E-state index >= 15 is 0 Å². The number of nitrogens with one attached hydrogen (secondary N) is 2. The van der Waals surface area contributed by atoms with Gasteiger partial charge in [0, 0.05) is 29.0 Å². The predicted molar refractivity (Wildman–Crippen MR) is 85.2 cm³/mol. The Labute approximate surface area is 124 Å². The molecular formula is C15H14N2OS2. The van der Waals surface area contributed by atoms with Crippen LogP contribution in [0.3, 0.4) is 0 Å². The molecule has 0 unspecified atom stereocenters. The van der Waals surface area contributed by atoms with Gasteiger partial charge in [0.2, 0.25) is 0 Å². The number of benzene rings is 1. The van der Waals surface area contributed by atoms with Crippen molar-refractivity contribution >= 4 is 22.7 Å². The van der Waals surface area contributed by atoms with Gasteiger partial charge >= 0.3 is 4.87 Å². The molecule has 0 aliphatic heterocycles. The van der Waals surface area contributed by atoms with E-state index < -0.39 is 0 Å². The first-order chi connectivity index (χ1) is 9.81. The lowest BCUT2D eigenvalue weighted by Gasteiger charge is -2.00. The van der Waals surface area contributed by atoms with Gasteiger partial charge in [-0.2, -0.15) is 0 Å². The number of aromatic amines is 1. The molecule has 2 heterocycles. The van der Waals surface area contributed by atoms with E-state index in [1.54, 1.807) is 11.3 Å². The minimum atomic E-state index is 0.00397. The van der Waals surface area contributed by atoms with Crippen LogP contribution in [0.15, 0.2) is 52.0 Å². The highest BCUT2D eigenvalue weighted by Crippen LogP contribution is 2.25. The Morgan fingerprint density at radius 1 is 1.00 bits per heavy atom. The van der Waals surface area contributed by atoms with Gasteiger partial charge in [-0.25, -0.2) is 0 Å². The number of thiophene rings is 1. The highest BCUT2D eigenvalue weighted by Gasteiger charge is 2.02. The largest absolute Gasteiger partial charge is 0.315 e. The second-order valence-electron chi connectivity index (χ2n) is 4.44. The third-order valence-electron chi connectivity index (χ3n) is 2.95. The van der Waals surface area contributed by atoms with Gasteiger partial charge < -0.3 is 10.3 Å². The first-order valence-corrected chi connectivity index (χ1v) is 8.07. The summed E-state index contributed by atoms with van der Waals surface area (Å²) in [5, 5.41) is 7.38. The molecule has 3 nitrogen and oxygen atoms in total. The molecule has 0 radical (unpaired) electrons. The zero-order chi connectivity index (χ0) is 13.8. The Hall–Kier alpha value is -1.69. The smallest absolute Gasteiger partial charge is 0.304 e. The standard InChI is InChI=1S/C15H14N2OS2/c18-15-17-13(10-20-15)7-16-8-14-6-12(9-19-14)11-4-2-1-3-5-11/h1-6,9-10,16H,7-8H2,(H,17,18). The SMILES string of the molecule is O=c1[nH]c(CNCc2cc(-c3ccccc3)cs2)cs1. The van der Waals surface area contributed by atoms with Crippen molar-refractivity contribution in [3.63, 3.8) is 0 Å². The maximum atomic E-state index is 11.0. The van der Waals surface area contributed by atoms with Gasteiger partial charge in [-0.3, -0.25) is 4.79 Å². The van der Waals surface area contributed by atoms with Crippen LogP contribution >= 0.6 is 22.7 Å². The molecule has 0 saturated heterocycles. The Morgan fingerprint density at radius 3 is 2.60 bits per heavy atom. The Balaban J connectivity index is 1.59. The van der Waals surface area contributed by atoms with Crippen LogP contribution in [0.4, 0.5) is 0 Å². The maximum absolute atomic E-state index is 11.0. The van der Waals surface area contributed by atoms with Crippen molar-refractivity contribution in [3.8, 4) is 11.1 Å². The molecule has 5 heteroatoms. The van der Waals surface area contributed by atoms with E-state index in [-0.39, 0.29) is 4.87 Å². The lowest BCUT2D eigenvalue weighted by Crippen LogP contribution is -2.12. The number of rotatable bonds is 5. The molecule has 0 bridgehead atoms. The molecule has 0 amide bonds. The van der Waals surface area contributed by atoms with Gasteiger partial charge in [-0.05, 0) is 22.6 Å². The van der Waals surface area contributed by atoms with E-state index in [2.05, 4.69) is 46.0 Å². The third-order valence-corrected chi connectivity index (χ3v) is 4.60. The molecular weight excluding hydrogens is 288 g/mol. The minimum Gasteiger partial charge on any atom is -0.315 e. The molecule has 3 aromatic rings. The lowest BCUT2D eigenvalue weighted by atomic mass is 10.1. The van der Waals surface area contributed by atoms with Crippen molar-refractivity contribution in [2.45, 2.75) is 13.1 Å². The summed E-state index contributed by atoms with van der Waals surface area (Å²) in [4.78, 5) is 15.1. The van der Waals surface area contributed by atoms with E-state index in [1.807, 2.05) is 11.4 Å². The molecule has 2 N–H and O–H groups in total. The van der Waals surface area contributed by atoms with Gasteiger partial charge in [0.25, 0.3) is 0 Å². The Morgan fingerprint density at radius 2 is 1.85 bits per heavy atom. The van der Waals surface area contributed by atoms with Crippen LogP contribution in [-0.4, -0.2) is 4.98 Å². The summed E-state index contributed by atoms with van der Waals surface area (Å²) in [5.41, 5.74) is 3.45. The van der Waals surface area contributed by atoms with Crippen molar-refractivity contribution < 1.29 is 0 Å². The summed E-state index contributed by atoms with van der Waals surface area (Å²) in [6.07, 6.45) is 0. The van der Waals surface area contributed by atoms with Crippen LogP contribution in [0, 0.1) is 0 Å². The van der Waals surface area contributed by atoms with Crippen molar-refractivity contribution in [2.24, 2.45) is 0 Å². The van der Waals surface area contributed by atoms with E-state index in [4.69, 9.17) is 0 Å². The summed E-state index contributed by atoms with van der Waals surface area (Å²) < 4.78 is 0. The summed E-state index contributed by atoms with van der Waals surface area (Å²) in [5.74, 6) is 0. The molecule has 0 atom stereocenters. The fourth-order valence-electron chi connectivity index (χ4n) is 1.98. The fraction of sp³-hybridized carbons (Fsp3) is 0.133. The third kappa shape index (κ3) is 3.25.